The van der Waals surface area contributed by atoms with Gasteiger partial charge in [0.05, 0.1) is 17.7 Å². The summed E-state index contributed by atoms with van der Waals surface area (Å²) < 4.78 is 33.9. The second-order valence-corrected chi connectivity index (χ2v) is 12.5. The summed E-state index contributed by atoms with van der Waals surface area (Å²) in [5.41, 5.74) is 1.07. The van der Waals surface area contributed by atoms with Crippen LogP contribution in [0.2, 0.25) is 5.02 Å². The minimum absolute atomic E-state index is 0.0487. The Hall–Kier alpha value is -3.56. The molecule has 1 aliphatic carbocycles. The van der Waals surface area contributed by atoms with Crippen LogP contribution in [-0.2, 0) is 26.2 Å². The van der Waals surface area contributed by atoms with E-state index in [0.717, 1.165) is 42.0 Å². The molecule has 0 aromatic heterocycles. The number of hydrogen-bond acceptors (Lipinski definition) is 5. The molecule has 0 unspecified atom stereocenters. The summed E-state index contributed by atoms with van der Waals surface area (Å²) in [6, 6.07) is 20.7. The molecule has 0 aliphatic heterocycles. The average Bonchev–Trinajstić information content (AvgIpc) is 3.00. The molecule has 0 bridgehead atoms. The van der Waals surface area contributed by atoms with Crippen molar-refractivity contribution in [3.8, 4) is 5.75 Å². The van der Waals surface area contributed by atoms with E-state index in [0.29, 0.717) is 10.8 Å². The number of anilines is 1. The fourth-order valence-corrected chi connectivity index (χ4v) is 6.50. The highest BCUT2D eigenvalue weighted by atomic mass is 35.5. The zero-order chi connectivity index (χ0) is 29.4. The number of carbonyl (C=O) groups excluding carboxylic acids is 2. The molecule has 4 rings (SSSR count). The van der Waals surface area contributed by atoms with Gasteiger partial charge in [-0.1, -0.05) is 61.2 Å². The monoisotopic (exact) mass is 597 g/mol. The lowest BCUT2D eigenvalue weighted by Gasteiger charge is -2.33. The Morgan fingerprint density at radius 1 is 0.951 bits per heavy atom. The molecule has 1 aliphatic rings. The molecule has 2 amide bonds. The topological polar surface area (TPSA) is 96.0 Å². The largest absolute Gasteiger partial charge is 0.497 e. The number of sulfonamides is 1. The Kier molecular flexibility index (Phi) is 10.3. The molecule has 3 aromatic carbocycles. The Labute approximate surface area is 247 Å². The summed E-state index contributed by atoms with van der Waals surface area (Å²) in [7, 11) is -2.55. The van der Waals surface area contributed by atoms with Crippen molar-refractivity contribution in [3.63, 3.8) is 0 Å². The lowest BCUT2D eigenvalue weighted by Crippen LogP contribution is -2.53. The van der Waals surface area contributed by atoms with E-state index in [1.165, 1.54) is 17.0 Å². The highest BCUT2D eigenvalue weighted by Gasteiger charge is 2.33. The molecule has 0 spiro atoms. The van der Waals surface area contributed by atoms with Gasteiger partial charge in [-0.25, -0.2) is 8.42 Å². The summed E-state index contributed by atoms with van der Waals surface area (Å²) in [5, 5.41) is 3.54. The summed E-state index contributed by atoms with van der Waals surface area (Å²) in [6.07, 6.45) is 5.08. The zero-order valence-electron chi connectivity index (χ0n) is 23.3. The standard InChI is InChI=1S/C31H36ClN3O5S/c1-23(31(37)33-26-9-5-3-6-10-26)34(21-24-13-19-28(40-2)20-14-24)30(36)22-35(27-17-15-25(32)16-18-27)41(38,39)29-11-7-4-8-12-29/h4,7-8,11-20,23,26H,3,5-6,9-10,21-22H2,1-2H3,(H,33,37)/t23-/m0/s1. The van der Waals surface area contributed by atoms with Gasteiger partial charge in [0.2, 0.25) is 11.8 Å². The third kappa shape index (κ3) is 7.80. The molecule has 1 saturated carbocycles. The third-order valence-corrected chi connectivity index (χ3v) is 9.40. The molecule has 1 N–H and O–H groups in total. The van der Waals surface area contributed by atoms with Gasteiger partial charge in [0.1, 0.15) is 18.3 Å². The number of ether oxygens (including phenoxy) is 1. The Morgan fingerprint density at radius 3 is 2.20 bits per heavy atom. The number of benzene rings is 3. The van der Waals surface area contributed by atoms with Crippen LogP contribution in [0.3, 0.4) is 0 Å². The molecule has 8 nitrogen and oxygen atoms in total. The predicted octanol–water partition coefficient (Wildman–Crippen LogP) is 5.41. The van der Waals surface area contributed by atoms with Crippen molar-refractivity contribution in [2.75, 3.05) is 18.0 Å². The molecule has 3 aromatic rings. The van der Waals surface area contributed by atoms with Gasteiger partial charge in [0.25, 0.3) is 10.0 Å². The van der Waals surface area contributed by atoms with E-state index in [9.17, 15) is 18.0 Å². The molecule has 1 atom stereocenters. The lowest BCUT2D eigenvalue weighted by molar-refractivity contribution is -0.139. The first-order valence-corrected chi connectivity index (χ1v) is 15.6. The summed E-state index contributed by atoms with van der Waals surface area (Å²) in [4.78, 5) is 28.9. The molecular weight excluding hydrogens is 562 g/mol. The number of methoxy groups -OCH3 is 1. The van der Waals surface area contributed by atoms with Gasteiger partial charge in [0, 0.05) is 17.6 Å². The van der Waals surface area contributed by atoms with Crippen LogP contribution in [0, 0.1) is 0 Å². The minimum atomic E-state index is -4.12. The molecule has 0 heterocycles. The smallest absolute Gasteiger partial charge is 0.264 e. The maximum Gasteiger partial charge on any atom is 0.264 e. The van der Waals surface area contributed by atoms with Gasteiger partial charge in [-0.2, -0.15) is 0 Å². The predicted molar refractivity (Wildman–Crippen MR) is 160 cm³/mol. The van der Waals surface area contributed by atoms with Crippen molar-refractivity contribution in [2.24, 2.45) is 0 Å². The number of nitrogens with one attached hydrogen (secondary N) is 1. The first-order chi connectivity index (χ1) is 19.7. The number of nitrogens with zero attached hydrogens (tertiary/aromatic N) is 2. The van der Waals surface area contributed by atoms with Crippen LogP contribution < -0.4 is 14.4 Å². The zero-order valence-corrected chi connectivity index (χ0v) is 24.9. The summed E-state index contributed by atoms with van der Waals surface area (Å²) >= 11 is 6.08. The third-order valence-electron chi connectivity index (χ3n) is 7.36. The first-order valence-electron chi connectivity index (χ1n) is 13.7. The minimum Gasteiger partial charge on any atom is -0.497 e. The van der Waals surface area contributed by atoms with Crippen molar-refractivity contribution in [2.45, 2.75) is 62.6 Å². The van der Waals surface area contributed by atoms with Crippen LogP contribution in [0.4, 0.5) is 5.69 Å². The highest BCUT2D eigenvalue weighted by molar-refractivity contribution is 7.92. The van der Waals surface area contributed by atoms with E-state index in [4.69, 9.17) is 16.3 Å². The molecule has 1 fully saturated rings. The average molecular weight is 598 g/mol. The summed E-state index contributed by atoms with van der Waals surface area (Å²) in [6.45, 7) is 1.29. The Balaban J connectivity index is 1.65. The van der Waals surface area contributed by atoms with Gasteiger partial charge in [-0.3, -0.25) is 13.9 Å². The maximum atomic E-state index is 14.0. The molecular formula is C31H36ClN3O5S. The second-order valence-electron chi connectivity index (χ2n) is 10.2. The van der Waals surface area contributed by atoms with E-state index in [1.807, 2.05) is 12.1 Å². The summed E-state index contributed by atoms with van der Waals surface area (Å²) in [5.74, 6) is -0.109. The van der Waals surface area contributed by atoms with E-state index in [1.54, 1.807) is 68.6 Å². The van der Waals surface area contributed by atoms with Crippen LogP contribution in [0.1, 0.15) is 44.6 Å². The van der Waals surface area contributed by atoms with Crippen molar-refractivity contribution in [1.82, 2.24) is 10.2 Å². The fourth-order valence-electron chi connectivity index (χ4n) is 4.93. The molecule has 41 heavy (non-hydrogen) atoms. The first kappa shape index (κ1) is 30.4. The number of halogens is 1. The maximum absolute atomic E-state index is 14.0. The Bertz CT molecular complexity index is 1410. The molecule has 0 saturated heterocycles. The van der Waals surface area contributed by atoms with Gasteiger partial charge >= 0.3 is 0 Å². The fraction of sp³-hybridized carbons (Fsp3) is 0.355. The highest BCUT2D eigenvalue weighted by Crippen LogP contribution is 2.26. The lowest BCUT2D eigenvalue weighted by atomic mass is 9.95. The van der Waals surface area contributed by atoms with E-state index in [2.05, 4.69) is 5.32 Å². The Morgan fingerprint density at radius 2 is 1.59 bits per heavy atom. The van der Waals surface area contributed by atoms with E-state index < -0.39 is 28.5 Å². The van der Waals surface area contributed by atoms with Gasteiger partial charge < -0.3 is 15.0 Å². The van der Waals surface area contributed by atoms with Gasteiger partial charge in [0.15, 0.2) is 0 Å². The van der Waals surface area contributed by atoms with Gasteiger partial charge in [-0.05, 0) is 73.9 Å². The van der Waals surface area contributed by atoms with Crippen molar-refractivity contribution >= 4 is 39.1 Å². The van der Waals surface area contributed by atoms with Crippen LogP contribution in [-0.4, -0.2) is 50.9 Å². The van der Waals surface area contributed by atoms with Crippen molar-refractivity contribution in [1.29, 1.82) is 0 Å². The normalized spacial score (nSPS) is 14.6. The van der Waals surface area contributed by atoms with E-state index >= 15 is 0 Å². The van der Waals surface area contributed by atoms with Crippen LogP contribution in [0.25, 0.3) is 0 Å². The van der Waals surface area contributed by atoms with Crippen LogP contribution in [0.15, 0.2) is 83.8 Å². The number of amides is 2. The molecule has 0 radical (unpaired) electrons. The van der Waals surface area contributed by atoms with Crippen LogP contribution >= 0.6 is 11.6 Å². The molecule has 218 valence electrons. The van der Waals surface area contributed by atoms with Gasteiger partial charge in [-0.15, -0.1) is 0 Å². The molecule has 10 heteroatoms. The number of hydrogen-bond donors (Lipinski definition) is 1. The number of rotatable bonds is 11. The SMILES string of the molecule is COc1ccc(CN(C(=O)CN(c2ccc(Cl)cc2)S(=O)(=O)c2ccccc2)[C@@H](C)C(=O)NC2CCCCC2)cc1. The van der Waals surface area contributed by atoms with Crippen molar-refractivity contribution in [3.05, 3.63) is 89.4 Å². The van der Waals surface area contributed by atoms with Crippen molar-refractivity contribution < 1.29 is 22.7 Å². The van der Waals surface area contributed by atoms with E-state index in [-0.39, 0.29) is 29.1 Å². The second kappa shape index (κ2) is 13.9. The van der Waals surface area contributed by atoms with Crippen LogP contribution in [0.5, 0.6) is 5.75 Å². The quantitative estimate of drug-likeness (QED) is 0.319. The number of carbonyl (C=O) groups is 2.